The third-order valence-corrected chi connectivity index (χ3v) is 4.70. The van der Waals surface area contributed by atoms with Crippen LogP contribution in [-0.2, 0) is 12.7 Å². The fourth-order valence-corrected chi connectivity index (χ4v) is 3.17. The highest BCUT2D eigenvalue weighted by Crippen LogP contribution is 2.36. The van der Waals surface area contributed by atoms with Crippen molar-refractivity contribution in [3.63, 3.8) is 0 Å². The number of carbonyl (C=O) groups is 1. The third-order valence-electron chi connectivity index (χ3n) is 4.70. The van der Waals surface area contributed by atoms with E-state index in [1.54, 1.807) is 30.3 Å². The quantitative estimate of drug-likeness (QED) is 0.356. The summed E-state index contributed by atoms with van der Waals surface area (Å²) in [4.78, 5) is 12.2. The van der Waals surface area contributed by atoms with Crippen LogP contribution in [0.4, 0.5) is 23.4 Å². The fourth-order valence-electron chi connectivity index (χ4n) is 3.17. The molecule has 0 fully saturated rings. The van der Waals surface area contributed by atoms with Gasteiger partial charge in [-0.05, 0) is 42.0 Å². The van der Waals surface area contributed by atoms with Gasteiger partial charge in [0.1, 0.15) is 17.3 Å². The molecule has 5 nitrogen and oxygen atoms in total. The number of nitrogens with one attached hydrogen (secondary N) is 1. The number of rotatable bonds is 6. The highest BCUT2D eigenvalue weighted by atomic mass is 19.4. The van der Waals surface area contributed by atoms with Crippen molar-refractivity contribution >= 4 is 11.7 Å². The number of hydrogen-bond donors (Lipinski definition) is 1. The molecular weight excluding hydrogens is 438 g/mol. The van der Waals surface area contributed by atoms with Gasteiger partial charge in [-0.2, -0.15) is 18.3 Å². The zero-order valence-corrected chi connectivity index (χ0v) is 17.0. The van der Waals surface area contributed by atoms with E-state index in [1.165, 1.54) is 47.3 Å². The lowest BCUT2D eigenvalue weighted by molar-refractivity contribution is -0.138. The maximum absolute atomic E-state index is 13.8. The summed E-state index contributed by atoms with van der Waals surface area (Å²) >= 11 is 0. The number of nitrogens with zero attached hydrogens (tertiary/aromatic N) is 2. The molecule has 4 aromatic rings. The number of alkyl halides is 3. The first kappa shape index (κ1) is 22.1. The maximum Gasteiger partial charge on any atom is 0.416 e. The van der Waals surface area contributed by atoms with Crippen molar-refractivity contribution in [1.29, 1.82) is 0 Å². The molecule has 0 atom stereocenters. The van der Waals surface area contributed by atoms with Gasteiger partial charge in [0.05, 0.1) is 17.7 Å². The Bertz CT molecular complexity index is 1270. The second-order valence-electron chi connectivity index (χ2n) is 7.06. The Morgan fingerprint density at radius 1 is 0.939 bits per heavy atom. The molecule has 3 aromatic carbocycles. The van der Waals surface area contributed by atoms with E-state index in [-0.39, 0.29) is 29.2 Å². The van der Waals surface area contributed by atoms with Crippen molar-refractivity contribution in [3.05, 3.63) is 108 Å². The zero-order chi connectivity index (χ0) is 23.4. The Hall–Kier alpha value is -4.14. The van der Waals surface area contributed by atoms with Crippen LogP contribution in [0.3, 0.4) is 0 Å². The minimum Gasteiger partial charge on any atom is -0.457 e. The van der Waals surface area contributed by atoms with E-state index in [2.05, 4.69) is 10.4 Å². The van der Waals surface area contributed by atoms with E-state index >= 15 is 0 Å². The van der Waals surface area contributed by atoms with Crippen LogP contribution in [0, 0.1) is 5.82 Å². The smallest absolute Gasteiger partial charge is 0.416 e. The molecule has 0 aliphatic rings. The summed E-state index contributed by atoms with van der Waals surface area (Å²) in [6, 6.07) is 19.0. The van der Waals surface area contributed by atoms with Crippen molar-refractivity contribution in [3.8, 4) is 11.5 Å². The lowest BCUT2D eigenvalue weighted by atomic mass is 10.1. The molecule has 0 aliphatic carbocycles. The number of hydrogen-bond acceptors (Lipinski definition) is 3. The Morgan fingerprint density at radius 2 is 1.67 bits per heavy atom. The first-order valence-corrected chi connectivity index (χ1v) is 9.82. The van der Waals surface area contributed by atoms with E-state index < -0.39 is 23.5 Å². The summed E-state index contributed by atoms with van der Waals surface area (Å²) in [6.07, 6.45) is -3.19. The van der Waals surface area contributed by atoms with Crippen LogP contribution in [0.25, 0.3) is 0 Å². The Labute approximate surface area is 186 Å². The normalized spacial score (nSPS) is 11.3. The molecule has 0 unspecified atom stereocenters. The highest BCUT2D eigenvalue weighted by molar-refractivity contribution is 6.03. The van der Waals surface area contributed by atoms with Gasteiger partial charge in [0.15, 0.2) is 5.82 Å². The molecule has 0 radical (unpaired) electrons. The largest absolute Gasteiger partial charge is 0.457 e. The molecule has 0 saturated heterocycles. The number of carbonyl (C=O) groups excluding carboxylic acids is 1. The van der Waals surface area contributed by atoms with E-state index in [0.29, 0.717) is 5.75 Å². The lowest BCUT2D eigenvalue weighted by Gasteiger charge is -2.15. The zero-order valence-electron chi connectivity index (χ0n) is 17.0. The number of anilines is 1. The molecule has 9 heteroatoms. The average Bonchev–Trinajstić information content (AvgIpc) is 3.21. The highest BCUT2D eigenvalue weighted by Gasteiger charge is 2.34. The summed E-state index contributed by atoms with van der Waals surface area (Å²) in [6.45, 7) is -0.198. The number of ether oxygens (including phenoxy) is 1. The number of amides is 1. The minimum absolute atomic E-state index is 0.0296. The number of aromatic nitrogens is 2. The van der Waals surface area contributed by atoms with Gasteiger partial charge >= 0.3 is 6.18 Å². The molecule has 4 rings (SSSR count). The minimum atomic E-state index is -4.61. The van der Waals surface area contributed by atoms with Crippen LogP contribution in [0.2, 0.25) is 0 Å². The van der Waals surface area contributed by atoms with Crippen molar-refractivity contribution in [2.24, 2.45) is 0 Å². The van der Waals surface area contributed by atoms with Crippen LogP contribution in [0.5, 0.6) is 11.5 Å². The SMILES string of the molecule is O=C(Nc1ccn(Cc2ccc(Oc3ccccc3)cc2C(F)(F)F)n1)c1ccccc1F. The molecule has 1 amide bonds. The van der Waals surface area contributed by atoms with Gasteiger partial charge in [-0.1, -0.05) is 36.4 Å². The summed E-state index contributed by atoms with van der Waals surface area (Å²) in [5, 5.41) is 6.51. The molecule has 1 N–H and O–H groups in total. The van der Waals surface area contributed by atoms with Gasteiger partial charge in [0, 0.05) is 12.3 Å². The van der Waals surface area contributed by atoms with Gasteiger partial charge in [-0.3, -0.25) is 9.48 Å². The molecule has 0 spiro atoms. The Morgan fingerprint density at radius 3 is 2.39 bits per heavy atom. The number of benzene rings is 3. The Kier molecular flexibility index (Phi) is 6.12. The van der Waals surface area contributed by atoms with E-state index in [4.69, 9.17) is 4.74 Å². The topological polar surface area (TPSA) is 56.2 Å². The number of para-hydroxylation sites is 1. The molecule has 1 heterocycles. The van der Waals surface area contributed by atoms with Crippen molar-refractivity contribution in [1.82, 2.24) is 9.78 Å². The second-order valence-corrected chi connectivity index (χ2v) is 7.06. The monoisotopic (exact) mass is 455 g/mol. The van der Waals surface area contributed by atoms with E-state index in [0.717, 1.165) is 12.1 Å². The summed E-state index contributed by atoms with van der Waals surface area (Å²) < 4.78 is 61.6. The first-order valence-electron chi connectivity index (χ1n) is 9.82. The first-order chi connectivity index (χ1) is 15.8. The molecule has 1 aromatic heterocycles. The molecule has 33 heavy (non-hydrogen) atoms. The van der Waals surface area contributed by atoms with Crippen LogP contribution < -0.4 is 10.1 Å². The molecule has 0 saturated carbocycles. The third kappa shape index (κ3) is 5.38. The average molecular weight is 455 g/mol. The summed E-state index contributed by atoms with van der Waals surface area (Å²) in [5.74, 6) is -0.851. The van der Waals surface area contributed by atoms with Crippen molar-refractivity contribution in [2.75, 3.05) is 5.32 Å². The van der Waals surface area contributed by atoms with Crippen molar-refractivity contribution < 1.29 is 27.1 Å². The van der Waals surface area contributed by atoms with Crippen LogP contribution >= 0.6 is 0 Å². The molecule has 0 bridgehead atoms. The van der Waals surface area contributed by atoms with Gasteiger partial charge in [0.2, 0.25) is 0 Å². The summed E-state index contributed by atoms with van der Waals surface area (Å²) in [7, 11) is 0. The Balaban J connectivity index is 1.52. The predicted octanol–water partition coefficient (Wildman–Crippen LogP) is 6.13. The van der Waals surface area contributed by atoms with Gasteiger partial charge in [0.25, 0.3) is 5.91 Å². The lowest BCUT2D eigenvalue weighted by Crippen LogP contribution is -2.15. The predicted molar refractivity (Wildman–Crippen MR) is 114 cm³/mol. The van der Waals surface area contributed by atoms with Gasteiger partial charge in [-0.15, -0.1) is 0 Å². The maximum atomic E-state index is 13.8. The molecule has 168 valence electrons. The van der Waals surface area contributed by atoms with Crippen LogP contribution in [0.1, 0.15) is 21.5 Å². The van der Waals surface area contributed by atoms with E-state index in [9.17, 15) is 22.4 Å². The fraction of sp³-hybridized carbons (Fsp3) is 0.0833. The van der Waals surface area contributed by atoms with E-state index in [1.807, 2.05) is 0 Å². The van der Waals surface area contributed by atoms with Gasteiger partial charge in [-0.25, -0.2) is 4.39 Å². The summed E-state index contributed by atoms with van der Waals surface area (Å²) in [5.41, 5.74) is -1.05. The number of halogens is 4. The van der Waals surface area contributed by atoms with Gasteiger partial charge < -0.3 is 10.1 Å². The van der Waals surface area contributed by atoms with Crippen molar-refractivity contribution in [2.45, 2.75) is 12.7 Å². The second kappa shape index (κ2) is 9.15. The van der Waals surface area contributed by atoms with Crippen LogP contribution in [-0.4, -0.2) is 15.7 Å². The van der Waals surface area contributed by atoms with Crippen LogP contribution in [0.15, 0.2) is 85.1 Å². The standard InChI is InChI=1S/C24H17F4N3O2/c25-21-9-5-4-8-19(21)23(32)29-22-12-13-31(30-22)15-16-10-11-18(14-20(16)24(26,27)28)33-17-6-2-1-3-7-17/h1-14H,15H2,(H,29,30,32). The molecule has 0 aliphatic heterocycles. The molecular formula is C24H17F4N3O2.